The predicted octanol–water partition coefficient (Wildman–Crippen LogP) is 2.02. The first kappa shape index (κ1) is 21.6. The molecule has 0 radical (unpaired) electrons. The van der Waals surface area contributed by atoms with Gasteiger partial charge in [0.05, 0.1) is 6.10 Å². The molecule has 2 rings (SSSR count). The maximum atomic E-state index is 9.29. The Hall–Kier alpha value is -2.67. The molecule has 1 aliphatic carbocycles. The number of fused-ring (bicyclic) bond motifs is 1. The average Bonchev–Trinajstić information content (AvgIpc) is 2.70. The van der Waals surface area contributed by atoms with E-state index in [0.717, 1.165) is 31.9 Å². The lowest BCUT2D eigenvalue weighted by Gasteiger charge is -2.00. The van der Waals surface area contributed by atoms with Crippen molar-refractivity contribution < 1.29 is 34.8 Å². The number of carboxylic acid groups (broad SMARTS) is 3. The van der Waals surface area contributed by atoms with Gasteiger partial charge in [0.25, 0.3) is 17.9 Å². The number of carbonyl (C=O) groups is 3. The first-order valence-electron chi connectivity index (χ1n) is 6.11. The standard InChI is InChI=1S/C9H8O.3C2H4O2/c10-9-6-5-7-3-1-2-4-8(7)9;3*1-2(3)4/h1-6,9-10H;3*1H3,(H,3,4). The average molecular weight is 312 g/mol. The van der Waals surface area contributed by atoms with Gasteiger partial charge >= 0.3 is 0 Å². The minimum Gasteiger partial charge on any atom is -0.481 e. The molecule has 0 heterocycles. The van der Waals surface area contributed by atoms with Gasteiger partial charge in [0.2, 0.25) is 0 Å². The Morgan fingerprint density at radius 1 is 0.864 bits per heavy atom. The second-order valence-electron chi connectivity index (χ2n) is 3.99. The monoisotopic (exact) mass is 312 g/mol. The van der Waals surface area contributed by atoms with E-state index in [-0.39, 0.29) is 6.10 Å². The highest BCUT2D eigenvalue weighted by Gasteiger charge is 2.11. The number of aliphatic hydroxyl groups excluding tert-OH is 1. The summed E-state index contributed by atoms with van der Waals surface area (Å²) in [6, 6.07) is 7.86. The Kier molecular flexibility index (Phi) is 11.9. The zero-order valence-electron chi connectivity index (χ0n) is 12.6. The van der Waals surface area contributed by atoms with Crippen LogP contribution in [-0.4, -0.2) is 38.3 Å². The van der Waals surface area contributed by atoms with Crippen LogP contribution in [-0.2, 0) is 14.4 Å². The summed E-state index contributed by atoms with van der Waals surface area (Å²) in [5.41, 5.74) is 2.15. The Labute approximate surface area is 128 Å². The molecule has 1 aliphatic rings. The first-order chi connectivity index (χ1) is 10.1. The molecule has 4 N–H and O–H groups in total. The summed E-state index contributed by atoms with van der Waals surface area (Å²) in [6.45, 7) is 3.25. The van der Waals surface area contributed by atoms with Crippen LogP contribution in [0.1, 0.15) is 38.0 Å². The van der Waals surface area contributed by atoms with Crippen molar-refractivity contribution in [3.8, 4) is 0 Å². The van der Waals surface area contributed by atoms with Crippen molar-refractivity contribution in [3.05, 3.63) is 41.5 Å². The number of rotatable bonds is 0. The number of carboxylic acids is 3. The van der Waals surface area contributed by atoms with Crippen molar-refractivity contribution in [2.45, 2.75) is 26.9 Å². The van der Waals surface area contributed by atoms with Crippen LogP contribution in [0.25, 0.3) is 6.08 Å². The van der Waals surface area contributed by atoms with Gasteiger partial charge in [-0.05, 0) is 11.1 Å². The topological polar surface area (TPSA) is 132 Å². The van der Waals surface area contributed by atoms with Crippen molar-refractivity contribution in [1.29, 1.82) is 0 Å². The summed E-state index contributed by atoms with van der Waals surface area (Å²) in [5.74, 6) is -2.50. The highest BCUT2D eigenvalue weighted by Crippen LogP contribution is 2.26. The molecule has 7 nitrogen and oxygen atoms in total. The van der Waals surface area contributed by atoms with Crippen molar-refractivity contribution >= 4 is 24.0 Å². The smallest absolute Gasteiger partial charge is 0.300 e. The van der Waals surface area contributed by atoms with Crippen molar-refractivity contribution in [2.75, 3.05) is 0 Å². The Bertz CT molecular complexity index is 480. The van der Waals surface area contributed by atoms with Crippen molar-refractivity contribution in [1.82, 2.24) is 0 Å². The van der Waals surface area contributed by atoms with Crippen LogP contribution in [0.2, 0.25) is 0 Å². The molecule has 0 aromatic heterocycles. The van der Waals surface area contributed by atoms with E-state index in [2.05, 4.69) is 0 Å². The van der Waals surface area contributed by atoms with Crippen LogP contribution in [0.15, 0.2) is 30.3 Å². The number of benzene rings is 1. The maximum Gasteiger partial charge on any atom is 0.300 e. The third-order valence-electron chi connectivity index (χ3n) is 1.77. The van der Waals surface area contributed by atoms with E-state index < -0.39 is 17.9 Å². The van der Waals surface area contributed by atoms with E-state index in [4.69, 9.17) is 29.7 Å². The summed E-state index contributed by atoms with van der Waals surface area (Å²) in [4.78, 5) is 27.0. The van der Waals surface area contributed by atoms with Gasteiger partial charge in [0.15, 0.2) is 0 Å². The lowest BCUT2D eigenvalue weighted by Crippen LogP contribution is -1.88. The molecule has 1 atom stereocenters. The molecule has 1 aromatic carbocycles. The third kappa shape index (κ3) is 15.4. The van der Waals surface area contributed by atoms with Gasteiger partial charge in [-0.3, -0.25) is 14.4 Å². The Morgan fingerprint density at radius 2 is 1.23 bits per heavy atom. The molecule has 1 unspecified atom stereocenters. The summed E-state index contributed by atoms with van der Waals surface area (Å²) in [5, 5.41) is 31.5. The van der Waals surface area contributed by atoms with Gasteiger partial charge in [-0.1, -0.05) is 36.4 Å². The summed E-state index contributed by atoms with van der Waals surface area (Å²) < 4.78 is 0. The molecule has 7 heteroatoms. The molecule has 1 aromatic rings. The minimum atomic E-state index is -0.833. The van der Waals surface area contributed by atoms with Gasteiger partial charge in [-0.25, -0.2) is 0 Å². The van der Waals surface area contributed by atoms with Crippen LogP contribution >= 0.6 is 0 Å². The molecule has 0 saturated carbocycles. The van der Waals surface area contributed by atoms with Crippen LogP contribution in [0.3, 0.4) is 0 Å². The molecule has 122 valence electrons. The highest BCUT2D eigenvalue weighted by molar-refractivity contribution is 5.63. The first-order valence-corrected chi connectivity index (χ1v) is 6.11. The van der Waals surface area contributed by atoms with E-state index >= 15 is 0 Å². The second kappa shape index (κ2) is 12.1. The van der Waals surface area contributed by atoms with E-state index in [0.29, 0.717) is 0 Å². The highest BCUT2D eigenvalue weighted by atomic mass is 16.4. The normalized spacial score (nSPS) is 13.0. The summed E-state index contributed by atoms with van der Waals surface area (Å²) >= 11 is 0. The van der Waals surface area contributed by atoms with Crippen molar-refractivity contribution in [2.24, 2.45) is 0 Å². The van der Waals surface area contributed by atoms with E-state index in [1.807, 2.05) is 30.3 Å². The summed E-state index contributed by atoms with van der Waals surface area (Å²) in [7, 11) is 0. The largest absolute Gasteiger partial charge is 0.481 e. The minimum absolute atomic E-state index is 0.379. The Morgan fingerprint density at radius 3 is 1.59 bits per heavy atom. The quantitative estimate of drug-likeness (QED) is 0.576. The maximum absolute atomic E-state index is 9.29. The molecular formula is C15H20O7. The fourth-order valence-electron chi connectivity index (χ4n) is 1.23. The number of aliphatic carboxylic acids is 3. The van der Waals surface area contributed by atoms with Crippen LogP contribution < -0.4 is 0 Å². The van der Waals surface area contributed by atoms with Gasteiger partial charge in [0.1, 0.15) is 0 Å². The second-order valence-corrected chi connectivity index (χ2v) is 3.99. The number of hydrogen-bond donors (Lipinski definition) is 4. The molecule has 22 heavy (non-hydrogen) atoms. The molecule has 0 bridgehead atoms. The van der Waals surface area contributed by atoms with Gasteiger partial charge in [-0.2, -0.15) is 0 Å². The van der Waals surface area contributed by atoms with E-state index in [1.165, 1.54) is 0 Å². The van der Waals surface area contributed by atoms with E-state index in [9.17, 15) is 5.11 Å². The number of hydrogen-bond acceptors (Lipinski definition) is 4. The molecule has 0 spiro atoms. The number of aliphatic hydroxyl groups is 1. The zero-order chi connectivity index (χ0) is 17.7. The SMILES string of the molecule is CC(=O)O.CC(=O)O.CC(=O)O.OC1C=Cc2ccccc21. The molecule has 0 aliphatic heterocycles. The molecule has 0 fully saturated rings. The van der Waals surface area contributed by atoms with Crippen molar-refractivity contribution in [3.63, 3.8) is 0 Å². The van der Waals surface area contributed by atoms with Crippen LogP contribution in [0.4, 0.5) is 0 Å². The lowest BCUT2D eigenvalue weighted by molar-refractivity contribution is -0.135. The van der Waals surface area contributed by atoms with Gasteiger partial charge < -0.3 is 20.4 Å². The molecule has 0 saturated heterocycles. The summed E-state index contributed by atoms with van der Waals surface area (Å²) in [6.07, 6.45) is 3.36. The lowest BCUT2D eigenvalue weighted by atomic mass is 10.1. The van der Waals surface area contributed by atoms with E-state index in [1.54, 1.807) is 6.08 Å². The Balaban J connectivity index is 0. The molecular weight excluding hydrogens is 292 g/mol. The molecule has 0 amide bonds. The predicted molar refractivity (Wildman–Crippen MR) is 80.4 cm³/mol. The van der Waals surface area contributed by atoms with Gasteiger partial charge in [0, 0.05) is 20.8 Å². The fourth-order valence-corrected chi connectivity index (χ4v) is 1.23. The third-order valence-corrected chi connectivity index (χ3v) is 1.77. The zero-order valence-corrected chi connectivity index (χ0v) is 12.6. The van der Waals surface area contributed by atoms with Gasteiger partial charge in [-0.15, -0.1) is 0 Å². The van der Waals surface area contributed by atoms with Crippen LogP contribution in [0, 0.1) is 0 Å². The van der Waals surface area contributed by atoms with Crippen LogP contribution in [0.5, 0.6) is 0 Å². The fraction of sp³-hybridized carbons (Fsp3) is 0.267.